The molecule has 1 N–H and O–H groups in total. The number of benzene rings is 3. The molecular formula is C29H27N3O5. The zero-order chi connectivity index (χ0) is 26.5. The van der Waals surface area contributed by atoms with Gasteiger partial charge >= 0.3 is 0 Å². The van der Waals surface area contributed by atoms with Gasteiger partial charge in [-0.05, 0) is 81.8 Å². The van der Waals surface area contributed by atoms with Gasteiger partial charge in [0.15, 0.2) is 17.3 Å². The average Bonchev–Trinajstić information content (AvgIpc) is 3.18. The first-order valence-electron chi connectivity index (χ1n) is 11.6. The number of phenols is 1. The lowest BCUT2D eigenvalue weighted by Crippen LogP contribution is -2.22. The minimum Gasteiger partial charge on any atom is -0.502 e. The number of carbonyl (C=O) groups excluding carboxylic acids is 1. The molecule has 0 saturated heterocycles. The first-order valence-corrected chi connectivity index (χ1v) is 11.6. The molecule has 0 saturated carbocycles. The number of hydrogen-bond acceptors (Lipinski definition) is 6. The van der Waals surface area contributed by atoms with Gasteiger partial charge in [0.25, 0.3) is 0 Å². The molecule has 0 aromatic heterocycles. The summed E-state index contributed by atoms with van der Waals surface area (Å²) >= 11 is 0. The van der Waals surface area contributed by atoms with E-state index in [1.54, 1.807) is 19.2 Å². The van der Waals surface area contributed by atoms with E-state index in [9.17, 15) is 15.4 Å². The average molecular weight is 498 g/mol. The van der Waals surface area contributed by atoms with Crippen LogP contribution in [0.2, 0.25) is 0 Å². The van der Waals surface area contributed by atoms with Crippen molar-refractivity contribution in [3.8, 4) is 23.0 Å². The van der Waals surface area contributed by atoms with Crippen molar-refractivity contribution in [2.45, 2.75) is 19.4 Å². The number of rotatable bonds is 9. The van der Waals surface area contributed by atoms with Crippen molar-refractivity contribution in [3.63, 3.8) is 0 Å². The van der Waals surface area contributed by atoms with E-state index in [4.69, 9.17) is 14.2 Å². The van der Waals surface area contributed by atoms with E-state index < -0.39 is 6.04 Å². The fourth-order valence-corrected chi connectivity index (χ4v) is 4.59. The number of nitrogens with zero attached hydrogens (tertiary/aromatic N) is 3. The van der Waals surface area contributed by atoms with Crippen LogP contribution in [0.1, 0.15) is 29.2 Å². The maximum Gasteiger partial charge on any atom is 0.200 e. The molecule has 3 aromatic rings. The number of carbonyl (C=O) groups is 1. The second-order valence-electron chi connectivity index (χ2n) is 8.52. The summed E-state index contributed by atoms with van der Waals surface area (Å²) in [5.41, 5.74) is 14.8. The summed E-state index contributed by atoms with van der Waals surface area (Å²) < 4.78 is 16.1. The lowest BCUT2D eigenvalue weighted by atomic mass is 9.92. The van der Waals surface area contributed by atoms with Crippen LogP contribution >= 0.6 is 0 Å². The quantitative estimate of drug-likeness (QED) is 0.214. The molecule has 0 fully saturated rings. The minimum atomic E-state index is -1.02. The Morgan fingerprint density at radius 1 is 1.00 bits per heavy atom. The molecule has 0 aliphatic heterocycles. The van der Waals surface area contributed by atoms with Gasteiger partial charge in [-0.15, -0.1) is 0 Å². The predicted octanol–water partition coefficient (Wildman–Crippen LogP) is 6.24. The molecule has 0 heterocycles. The largest absolute Gasteiger partial charge is 0.502 e. The summed E-state index contributed by atoms with van der Waals surface area (Å²) in [6, 6.07) is 17.3. The van der Waals surface area contributed by atoms with Crippen LogP contribution in [0.4, 0.5) is 0 Å². The lowest BCUT2D eigenvalue weighted by molar-refractivity contribution is -0.118. The summed E-state index contributed by atoms with van der Waals surface area (Å²) in [6.07, 6.45) is 2.05. The number of azide groups is 1. The second kappa shape index (κ2) is 10.9. The smallest absolute Gasteiger partial charge is 0.200 e. The highest BCUT2D eigenvalue weighted by molar-refractivity contribution is 6.11. The Morgan fingerprint density at radius 3 is 2.27 bits per heavy atom. The van der Waals surface area contributed by atoms with Gasteiger partial charge in [0.2, 0.25) is 5.75 Å². The Balaban J connectivity index is 1.88. The summed E-state index contributed by atoms with van der Waals surface area (Å²) in [7, 11) is 4.51. The molecule has 1 aliphatic rings. The predicted molar refractivity (Wildman–Crippen MR) is 143 cm³/mol. The van der Waals surface area contributed by atoms with Crippen LogP contribution in [0.15, 0.2) is 71.4 Å². The van der Waals surface area contributed by atoms with E-state index in [0.29, 0.717) is 11.3 Å². The molecule has 0 bridgehead atoms. The van der Waals surface area contributed by atoms with E-state index in [0.717, 1.165) is 33.4 Å². The van der Waals surface area contributed by atoms with Crippen molar-refractivity contribution in [1.82, 2.24) is 0 Å². The molecule has 4 rings (SSSR count). The molecular weight excluding hydrogens is 470 g/mol. The van der Waals surface area contributed by atoms with Crippen LogP contribution in [0, 0.1) is 0 Å². The van der Waals surface area contributed by atoms with Crippen LogP contribution in [-0.4, -0.2) is 38.3 Å². The highest BCUT2D eigenvalue weighted by atomic mass is 16.5. The number of phenolic OH excluding ortho intramolecular Hbond substituents is 1. The maximum atomic E-state index is 13.5. The van der Waals surface area contributed by atoms with E-state index in [2.05, 4.69) is 10.0 Å². The van der Waals surface area contributed by atoms with E-state index in [1.165, 1.54) is 14.2 Å². The summed E-state index contributed by atoms with van der Waals surface area (Å²) in [4.78, 5) is 16.5. The monoisotopic (exact) mass is 497 g/mol. The normalized spacial score (nSPS) is 14.1. The molecule has 8 heteroatoms. The van der Waals surface area contributed by atoms with E-state index >= 15 is 0 Å². The first kappa shape index (κ1) is 25.4. The number of allylic oxidation sites excluding steroid dienone is 2. The third kappa shape index (κ3) is 5.01. The maximum absolute atomic E-state index is 13.5. The molecule has 1 unspecified atom stereocenters. The third-order valence-corrected chi connectivity index (χ3v) is 6.39. The Hall–Kier alpha value is -4.68. The van der Waals surface area contributed by atoms with E-state index in [-0.39, 0.29) is 29.5 Å². The zero-order valence-corrected chi connectivity index (χ0v) is 21.1. The number of ketones is 1. The zero-order valence-electron chi connectivity index (χ0n) is 21.1. The second-order valence-corrected chi connectivity index (χ2v) is 8.52. The Morgan fingerprint density at radius 2 is 1.68 bits per heavy atom. The number of Topliss-reactive ketones (excluding diaryl/α,β-unsaturated/α-hetero) is 1. The van der Waals surface area contributed by atoms with Crippen LogP contribution in [-0.2, 0) is 11.2 Å². The summed E-state index contributed by atoms with van der Waals surface area (Å²) in [5, 5.41) is 14.3. The number of ether oxygens (including phenoxy) is 3. The Kier molecular flexibility index (Phi) is 7.51. The van der Waals surface area contributed by atoms with Crippen molar-refractivity contribution in [2.75, 3.05) is 21.3 Å². The van der Waals surface area contributed by atoms with Crippen LogP contribution in [0.25, 0.3) is 27.7 Å². The van der Waals surface area contributed by atoms with Crippen molar-refractivity contribution < 1.29 is 24.1 Å². The molecule has 188 valence electrons. The highest BCUT2D eigenvalue weighted by Gasteiger charge is 2.33. The van der Waals surface area contributed by atoms with Gasteiger partial charge in [0.1, 0.15) is 11.8 Å². The number of hydrogen-bond donors (Lipinski definition) is 1. The van der Waals surface area contributed by atoms with Gasteiger partial charge in [0.05, 0.1) is 21.3 Å². The fraction of sp³-hybridized carbons (Fsp3) is 0.207. The van der Waals surface area contributed by atoms with Crippen LogP contribution in [0.3, 0.4) is 0 Å². The lowest BCUT2D eigenvalue weighted by Gasteiger charge is -2.15. The van der Waals surface area contributed by atoms with E-state index in [1.807, 2.05) is 61.5 Å². The van der Waals surface area contributed by atoms with Crippen molar-refractivity contribution in [3.05, 3.63) is 98.9 Å². The molecule has 1 atom stereocenters. The van der Waals surface area contributed by atoms with Gasteiger partial charge in [-0.1, -0.05) is 41.5 Å². The highest BCUT2D eigenvalue weighted by Crippen LogP contribution is 2.47. The molecule has 0 radical (unpaired) electrons. The third-order valence-electron chi connectivity index (χ3n) is 6.39. The molecule has 3 aromatic carbocycles. The first-order chi connectivity index (χ1) is 17.9. The SMILES string of the molecule is COc1ccc2c(c1)C(C(N=[N+]=[N-])C(=O)Cc1ccccc1)=C(C)/C2=C/c1cc(OC)c(O)c(OC)c1. The Labute approximate surface area is 215 Å². The van der Waals surface area contributed by atoms with Crippen molar-refractivity contribution >= 4 is 23.0 Å². The molecule has 37 heavy (non-hydrogen) atoms. The van der Waals surface area contributed by atoms with Gasteiger partial charge in [-0.2, -0.15) is 0 Å². The number of aromatic hydroxyl groups is 1. The molecule has 8 nitrogen and oxygen atoms in total. The van der Waals surface area contributed by atoms with Gasteiger partial charge in [0, 0.05) is 11.3 Å². The van der Waals surface area contributed by atoms with Gasteiger partial charge in [-0.3, -0.25) is 4.79 Å². The summed E-state index contributed by atoms with van der Waals surface area (Å²) in [5.74, 6) is 0.860. The minimum absolute atomic E-state index is 0.0911. The standard InChI is InChI=1S/C29H27N3O5/c1-17-22(12-19-14-25(36-3)29(34)26(15-19)37-4)21-11-10-20(35-2)16-23(21)27(17)28(31-32-30)24(33)13-18-8-6-5-7-9-18/h5-12,14-16,28,34H,13H2,1-4H3/b22-12-. The molecule has 0 spiro atoms. The number of methoxy groups -OCH3 is 3. The van der Waals surface area contributed by atoms with Crippen molar-refractivity contribution in [1.29, 1.82) is 0 Å². The fourth-order valence-electron chi connectivity index (χ4n) is 4.59. The van der Waals surface area contributed by atoms with Crippen molar-refractivity contribution in [2.24, 2.45) is 5.11 Å². The van der Waals surface area contributed by atoms with Gasteiger partial charge in [-0.25, -0.2) is 0 Å². The molecule has 0 amide bonds. The number of fused-ring (bicyclic) bond motifs is 1. The summed E-state index contributed by atoms with van der Waals surface area (Å²) in [6.45, 7) is 1.90. The van der Waals surface area contributed by atoms with Crippen LogP contribution < -0.4 is 14.2 Å². The molecule has 1 aliphatic carbocycles. The topological polar surface area (TPSA) is 114 Å². The van der Waals surface area contributed by atoms with Crippen LogP contribution in [0.5, 0.6) is 23.0 Å². The van der Waals surface area contributed by atoms with Gasteiger partial charge < -0.3 is 19.3 Å². The Bertz CT molecular complexity index is 1430.